The summed E-state index contributed by atoms with van der Waals surface area (Å²) < 4.78 is 23.8. The molecule has 0 amide bonds. The van der Waals surface area contributed by atoms with Crippen LogP contribution in [0.15, 0.2) is 30.5 Å². The molecule has 0 saturated carbocycles. The number of fused-ring (bicyclic) bond motifs is 1. The Morgan fingerprint density at radius 1 is 1.35 bits per heavy atom. The van der Waals surface area contributed by atoms with Crippen molar-refractivity contribution in [3.8, 4) is 0 Å². The molecule has 1 aliphatic rings. The molecule has 1 aromatic carbocycles. The summed E-state index contributed by atoms with van der Waals surface area (Å²) in [4.78, 5) is 3.13. The Morgan fingerprint density at radius 3 is 2.82 bits per heavy atom. The molecule has 17 heavy (non-hydrogen) atoms. The summed E-state index contributed by atoms with van der Waals surface area (Å²) in [5.41, 5.74) is 1.87. The van der Waals surface area contributed by atoms with Crippen molar-refractivity contribution in [3.63, 3.8) is 0 Å². The van der Waals surface area contributed by atoms with Crippen molar-refractivity contribution in [2.75, 3.05) is 12.8 Å². The number of aromatic nitrogens is 1. The van der Waals surface area contributed by atoms with Crippen LogP contribution in [0, 0.1) is 0 Å². The fourth-order valence-electron chi connectivity index (χ4n) is 2.54. The quantitative estimate of drug-likeness (QED) is 0.842. The molecule has 2 aromatic rings. The van der Waals surface area contributed by atoms with Gasteiger partial charge in [0.1, 0.15) is 5.25 Å². The molecule has 1 aromatic heterocycles. The van der Waals surface area contributed by atoms with Gasteiger partial charge in [0.2, 0.25) is 0 Å². The number of likely N-dealkylation sites (N-methyl/N-ethyl adjacent to an activating group) is 1. The van der Waals surface area contributed by atoms with E-state index in [1.807, 2.05) is 30.5 Å². The van der Waals surface area contributed by atoms with E-state index in [4.69, 9.17) is 0 Å². The molecule has 2 atom stereocenters. The van der Waals surface area contributed by atoms with E-state index in [1.165, 1.54) is 0 Å². The van der Waals surface area contributed by atoms with Gasteiger partial charge in [0.05, 0.1) is 5.75 Å². The number of H-pyrrole nitrogens is 1. The zero-order valence-electron chi connectivity index (χ0n) is 9.47. The van der Waals surface area contributed by atoms with E-state index in [2.05, 4.69) is 10.3 Å². The Hall–Kier alpha value is -1.33. The van der Waals surface area contributed by atoms with Gasteiger partial charge in [0, 0.05) is 23.1 Å². The maximum absolute atomic E-state index is 11.9. The lowest BCUT2D eigenvalue weighted by Crippen LogP contribution is -2.52. The van der Waals surface area contributed by atoms with Crippen molar-refractivity contribution in [1.29, 1.82) is 0 Å². The summed E-state index contributed by atoms with van der Waals surface area (Å²) in [6.07, 6.45) is 1.82. The Morgan fingerprint density at radius 2 is 2.12 bits per heavy atom. The van der Waals surface area contributed by atoms with Gasteiger partial charge in [-0.25, -0.2) is 8.42 Å². The molecule has 4 nitrogen and oxygen atoms in total. The first kappa shape index (κ1) is 10.8. The summed E-state index contributed by atoms with van der Waals surface area (Å²) in [5, 5.41) is 3.65. The Labute approximate surface area is 100.0 Å². The average Bonchev–Trinajstić information content (AvgIpc) is 2.70. The minimum atomic E-state index is -2.98. The van der Waals surface area contributed by atoms with E-state index in [0.717, 1.165) is 16.5 Å². The molecule has 90 valence electrons. The molecule has 2 heterocycles. The number of hydrogen-bond donors (Lipinski definition) is 2. The zero-order chi connectivity index (χ0) is 12.0. The van der Waals surface area contributed by atoms with Crippen LogP contribution in [0.4, 0.5) is 0 Å². The molecular weight excluding hydrogens is 236 g/mol. The highest BCUT2D eigenvalue weighted by atomic mass is 32.2. The summed E-state index contributed by atoms with van der Waals surface area (Å²) in [5.74, 6) is 0.230. The summed E-state index contributed by atoms with van der Waals surface area (Å²) in [6, 6.07) is 7.81. The Kier molecular flexibility index (Phi) is 2.27. The lowest BCUT2D eigenvalue weighted by molar-refractivity contribution is 0.484. The normalized spacial score (nSPS) is 26.9. The van der Waals surface area contributed by atoms with Crippen LogP contribution in [0.1, 0.15) is 10.8 Å². The number of para-hydroxylation sites is 1. The highest BCUT2D eigenvalue weighted by Crippen LogP contribution is 2.39. The molecule has 3 rings (SSSR count). The van der Waals surface area contributed by atoms with E-state index in [1.54, 1.807) is 7.05 Å². The summed E-state index contributed by atoms with van der Waals surface area (Å²) in [7, 11) is -1.17. The largest absolute Gasteiger partial charge is 0.361 e. The molecule has 0 radical (unpaired) electrons. The molecule has 1 saturated heterocycles. The van der Waals surface area contributed by atoms with Crippen LogP contribution >= 0.6 is 0 Å². The lowest BCUT2D eigenvalue weighted by Gasteiger charge is -2.35. The van der Waals surface area contributed by atoms with Crippen molar-refractivity contribution in [1.82, 2.24) is 10.3 Å². The third-order valence-electron chi connectivity index (χ3n) is 3.46. The number of nitrogens with one attached hydrogen (secondary N) is 2. The van der Waals surface area contributed by atoms with Gasteiger partial charge in [-0.1, -0.05) is 18.2 Å². The second-order valence-corrected chi connectivity index (χ2v) is 6.60. The van der Waals surface area contributed by atoms with Gasteiger partial charge in [-0.05, 0) is 18.7 Å². The average molecular weight is 250 g/mol. The number of aromatic amines is 1. The molecule has 2 unspecified atom stereocenters. The van der Waals surface area contributed by atoms with Gasteiger partial charge in [0.15, 0.2) is 9.84 Å². The third-order valence-corrected chi connectivity index (χ3v) is 5.64. The van der Waals surface area contributed by atoms with Crippen LogP contribution in [0.3, 0.4) is 0 Å². The third kappa shape index (κ3) is 1.50. The lowest BCUT2D eigenvalue weighted by atomic mass is 10.0. The fraction of sp³-hybridized carbons (Fsp3) is 0.333. The van der Waals surface area contributed by atoms with Crippen LogP contribution < -0.4 is 5.32 Å². The van der Waals surface area contributed by atoms with Gasteiger partial charge in [-0.3, -0.25) is 0 Å². The Bertz CT molecular complexity index is 660. The number of hydrogen-bond acceptors (Lipinski definition) is 3. The summed E-state index contributed by atoms with van der Waals surface area (Å²) >= 11 is 0. The standard InChI is InChI=1S/C12H14N2O2S/c1-13-11-7-17(15,16)12(11)9-6-14-10-5-3-2-4-8(9)10/h2-6,11-14H,7H2,1H3. The highest BCUT2D eigenvalue weighted by molar-refractivity contribution is 7.93. The van der Waals surface area contributed by atoms with Crippen molar-refractivity contribution < 1.29 is 8.42 Å². The molecule has 2 N–H and O–H groups in total. The van der Waals surface area contributed by atoms with Gasteiger partial charge in [-0.15, -0.1) is 0 Å². The molecule has 5 heteroatoms. The monoisotopic (exact) mass is 250 g/mol. The van der Waals surface area contributed by atoms with Crippen LogP contribution in [-0.4, -0.2) is 32.2 Å². The SMILES string of the molecule is CNC1CS(=O)(=O)C1c1c[nH]c2ccccc12. The van der Waals surface area contributed by atoms with Crippen LogP contribution in [-0.2, 0) is 9.84 Å². The zero-order valence-corrected chi connectivity index (χ0v) is 10.3. The van der Waals surface area contributed by atoms with Crippen LogP contribution in [0.25, 0.3) is 10.9 Å². The van der Waals surface area contributed by atoms with E-state index in [-0.39, 0.29) is 11.8 Å². The predicted octanol–water partition coefficient (Wildman–Crippen LogP) is 1.23. The first-order valence-electron chi connectivity index (χ1n) is 5.58. The minimum Gasteiger partial charge on any atom is -0.361 e. The number of sulfone groups is 1. The number of benzene rings is 1. The first-order chi connectivity index (χ1) is 8.13. The van der Waals surface area contributed by atoms with E-state index in [0.29, 0.717) is 0 Å². The van der Waals surface area contributed by atoms with Crippen molar-refractivity contribution in [2.24, 2.45) is 0 Å². The van der Waals surface area contributed by atoms with Gasteiger partial charge >= 0.3 is 0 Å². The van der Waals surface area contributed by atoms with E-state index in [9.17, 15) is 8.42 Å². The van der Waals surface area contributed by atoms with Gasteiger partial charge in [-0.2, -0.15) is 0 Å². The van der Waals surface area contributed by atoms with Crippen molar-refractivity contribution >= 4 is 20.7 Å². The fourth-order valence-corrected chi connectivity index (χ4v) is 4.57. The van der Waals surface area contributed by atoms with Gasteiger partial charge < -0.3 is 10.3 Å². The highest BCUT2D eigenvalue weighted by Gasteiger charge is 2.46. The topological polar surface area (TPSA) is 62.0 Å². The van der Waals surface area contributed by atoms with E-state index >= 15 is 0 Å². The maximum Gasteiger partial charge on any atom is 0.160 e. The van der Waals surface area contributed by atoms with Crippen molar-refractivity contribution in [3.05, 3.63) is 36.0 Å². The second kappa shape index (κ2) is 3.58. The van der Waals surface area contributed by atoms with Crippen LogP contribution in [0.5, 0.6) is 0 Å². The summed E-state index contributed by atoms with van der Waals surface area (Å²) in [6.45, 7) is 0. The molecule has 1 fully saturated rings. The smallest absolute Gasteiger partial charge is 0.160 e. The predicted molar refractivity (Wildman–Crippen MR) is 67.7 cm³/mol. The maximum atomic E-state index is 11.9. The molecular formula is C12H14N2O2S. The van der Waals surface area contributed by atoms with E-state index < -0.39 is 15.1 Å². The van der Waals surface area contributed by atoms with Gasteiger partial charge in [0.25, 0.3) is 0 Å². The Balaban J connectivity index is 2.15. The first-order valence-corrected chi connectivity index (χ1v) is 7.30. The van der Waals surface area contributed by atoms with Crippen molar-refractivity contribution in [2.45, 2.75) is 11.3 Å². The minimum absolute atomic E-state index is 0.0270. The number of rotatable bonds is 2. The molecule has 0 bridgehead atoms. The molecule has 1 aliphatic heterocycles. The second-order valence-electron chi connectivity index (χ2n) is 4.43. The molecule has 0 spiro atoms. The van der Waals surface area contributed by atoms with Crippen LogP contribution in [0.2, 0.25) is 0 Å². The molecule has 0 aliphatic carbocycles.